The van der Waals surface area contributed by atoms with Gasteiger partial charge in [-0.25, -0.2) is 4.98 Å². The normalized spacial score (nSPS) is 18.6. The average Bonchev–Trinajstić information content (AvgIpc) is 3.92. The summed E-state index contributed by atoms with van der Waals surface area (Å²) in [6.07, 6.45) is 1.59. The third-order valence-electron chi connectivity index (χ3n) is 14.0. The molecular formula is C62H59N4OPt-. The van der Waals surface area contributed by atoms with E-state index in [1.165, 1.54) is 44.9 Å². The second-order valence-corrected chi connectivity index (χ2v) is 21.6. The topological polar surface area (TPSA) is 27.1 Å². The molecule has 2 atom stereocenters. The molecule has 9 aromatic rings. The summed E-state index contributed by atoms with van der Waals surface area (Å²) in [5, 5.41) is 1.95. The fourth-order valence-corrected chi connectivity index (χ4v) is 10.4. The summed E-state index contributed by atoms with van der Waals surface area (Å²) in [6, 6.07) is 60.2. The first-order valence-corrected chi connectivity index (χ1v) is 23.4. The summed E-state index contributed by atoms with van der Waals surface area (Å²) in [5.74, 6) is 1.59. The predicted octanol–water partition coefficient (Wildman–Crippen LogP) is 16.5. The molecule has 2 bridgehead atoms. The molecular weight excluding hydrogens is 1010 g/mol. The van der Waals surface area contributed by atoms with Crippen LogP contribution in [0.5, 0.6) is 11.5 Å². The molecule has 2 aromatic heterocycles. The Labute approximate surface area is 421 Å². The summed E-state index contributed by atoms with van der Waals surface area (Å²) in [5.41, 5.74) is 14.2. The number of aromatic nitrogens is 2. The molecule has 6 heteroatoms. The number of ether oxygens (including phenoxy) is 1. The third kappa shape index (κ3) is 7.37. The zero-order valence-electron chi connectivity index (χ0n) is 43.3. The number of hydrogen-bond acceptors (Lipinski definition) is 2. The predicted molar refractivity (Wildman–Crippen MR) is 279 cm³/mol. The van der Waals surface area contributed by atoms with Gasteiger partial charge in [-0.15, -0.1) is 29.7 Å². The van der Waals surface area contributed by atoms with Crippen LogP contribution in [-0.2, 0) is 37.3 Å². The van der Waals surface area contributed by atoms with Crippen LogP contribution in [-0.4, -0.2) is 16.2 Å². The largest absolute Gasteiger partial charge is 0.509 e. The summed E-state index contributed by atoms with van der Waals surface area (Å²) >= 11 is 0. The number of rotatable bonds is 7. The summed E-state index contributed by atoms with van der Waals surface area (Å²) in [4.78, 5) is 4.91. The molecule has 0 radical (unpaired) electrons. The van der Waals surface area contributed by atoms with Gasteiger partial charge < -0.3 is 13.8 Å². The van der Waals surface area contributed by atoms with E-state index < -0.39 is 6.85 Å². The average molecular weight is 1070 g/mol. The number of nitrogens with zero attached hydrogens (tertiary/aromatic N) is 4. The van der Waals surface area contributed by atoms with E-state index in [0.717, 1.165) is 39.7 Å². The Hall–Kier alpha value is -6.10. The van der Waals surface area contributed by atoms with Gasteiger partial charge in [-0.2, -0.15) is 12.1 Å². The van der Waals surface area contributed by atoms with E-state index >= 15 is 0 Å². The Morgan fingerprint density at radius 2 is 1.28 bits per heavy atom. The van der Waals surface area contributed by atoms with E-state index in [0.29, 0.717) is 31.8 Å². The Kier molecular flexibility index (Phi) is 10.1. The molecule has 5 nitrogen and oxygen atoms in total. The number of fused-ring (bicyclic) bond motifs is 3. The van der Waals surface area contributed by atoms with E-state index in [2.05, 4.69) is 166 Å². The molecule has 1 saturated heterocycles. The van der Waals surface area contributed by atoms with Gasteiger partial charge in [0.2, 0.25) is 0 Å². The van der Waals surface area contributed by atoms with Crippen molar-refractivity contribution < 1.29 is 29.9 Å². The van der Waals surface area contributed by atoms with Gasteiger partial charge >= 0.3 is 0 Å². The van der Waals surface area contributed by atoms with Crippen LogP contribution in [0.4, 0.5) is 22.7 Å². The molecule has 0 saturated carbocycles. The van der Waals surface area contributed by atoms with Crippen molar-refractivity contribution in [2.24, 2.45) is 0 Å². The maximum Gasteiger partial charge on any atom is 0.187 e. The van der Waals surface area contributed by atoms with E-state index in [1.807, 2.05) is 65.2 Å². The van der Waals surface area contributed by atoms with Gasteiger partial charge in [0.25, 0.3) is 0 Å². The van der Waals surface area contributed by atoms with Crippen LogP contribution in [0.2, 0.25) is 0 Å². The first-order chi connectivity index (χ1) is 33.2. The number of pyridine rings is 1. The molecule has 0 spiro atoms. The Morgan fingerprint density at radius 1 is 0.618 bits per heavy atom. The van der Waals surface area contributed by atoms with Crippen molar-refractivity contribution in [2.75, 3.05) is 6.67 Å². The number of benzene rings is 7. The number of para-hydroxylation sites is 2. The zero-order valence-corrected chi connectivity index (χ0v) is 42.6. The fraction of sp³-hybridized carbons (Fsp3) is 0.226. The number of quaternary nitrogens is 2. The second kappa shape index (κ2) is 16.3. The van der Waals surface area contributed by atoms with Gasteiger partial charge in [-0.3, -0.25) is 4.48 Å². The van der Waals surface area contributed by atoms with Gasteiger partial charge in [0, 0.05) is 83.4 Å². The molecule has 3 aliphatic heterocycles. The minimum atomic E-state index is -2.38. The molecule has 0 aliphatic carbocycles. The van der Waals surface area contributed by atoms with Crippen LogP contribution in [0, 0.1) is 25.7 Å². The van der Waals surface area contributed by atoms with Crippen LogP contribution < -0.4 is 13.7 Å². The Balaban J connectivity index is 0.00000582. The minimum Gasteiger partial charge on any atom is -0.509 e. The molecule has 0 N–H and O–H groups in total. The van der Waals surface area contributed by atoms with Crippen molar-refractivity contribution in [1.29, 1.82) is 0 Å². The third-order valence-corrected chi connectivity index (χ3v) is 14.0. The first kappa shape index (κ1) is 42.0. The molecule has 1 fully saturated rings. The van der Waals surface area contributed by atoms with Crippen molar-refractivity contribution in [1.82, 2.24) is 18.5 Å². The van der Waals surface area contributed by atoms with E-state index in [4.69, 9.17) is 13.8 Å². The van der Waals surface area contributed by atoms with Crippen molar-refractivity contribution in [3.05, 3.63) is 199 Å². The van der Waals surface area contributed by atoms with Crippen LogP contribution in [0.15, 0.2) is 158 Å². The molecule has 12 rings (SSSR count). The SMILES string of the molecule is [2H]C([2H])([2H])c1ccnc(-n2c3[c-]c(Oc4[c-]c([N@@+]56[CH-][N@@+](c7cc(C(C)(C)C)cc(C(C)(C)C)c7)(C5)c5c(-c7cccc(C(C)(C)C)c7)cccc56)ccc4)ccc3c3ccccc32)c1-c1ccccc1.[Pt]. The van der Waals surface area contributed by atoms with E-state index in [9.17, 15) is 0 Å². The van der Waals surface area contributed by atoms with Crippen LogP contribution in [0.25, 0.3) is 49.9 Å². The summed E-state index contributed by atoms with van der Waals surface area (Å²) in [7, 11) is 0. The molecule has 5 heterocycles. The van der Waals surface area contributed by atoms with Crippen molar-refractivity contribution in [3.8, 4) is 39.6 Å². The van der Waals surface area contributed by atoms with Crippen molar-refractivity contribution in [2.45, 2.75) is 85.4 Å². The molecule has 7 aromatic carbocycles. The first-order valence-electron chi connectivity index (χ1n) is 24.9. The maximum atomic E-state index is 8.56. The molecule has 3 aliphatic rings. The number of aryl methyl sites for hydroxylation is 1. The fourth-order valence-electron chi connectivity index (χ4n) is 10.4. The number of hydrogen-bond donors (Lipinski definition) is 0. The minimum absolute atomic E-state index is 0. The van der Waals surface area contributed by atoms with Crippen LogP contribution in [0.3, 0.4) is 0 Å². The van der Waals surface area contributed by atoms with Gasteiger partial charge in [0.15, 0.2) is 18.0 Å². The van der Waals surface area contributed by atoms with Gasteiger partial charge in [-0.05, 0) is 80.1 Å². The van der Waals surface area contributed by atoms with E-state index in [1.54, 1.807) is 12.3 Å². The zero-order chi connectivity index (χ0) is 49.2. The van der Waals surface area contributed by atoms with Crippen LogP contribution >= 0.6 is 0 Å². The van der Waals surface area contributed by atoms with Crippen molar-refractivity contribution in [3.63, 3.8) is 0 Å². The molecule has 0 amide bonds. The monoisotopic (exact) mass is 1070 g/mol. The van der Waals surface area contributed by atoms with E-state index in [-0.39, 0.29) is 42.9 Å². The molecule has 0 unspecified atom stereocenters. The summed E-state index contributed by atoms with van der Waals surface area (Å²) < 4.78 is 35.6. The van der Waals surface area contributed by atoms with Crippen molar-refractivity contribution >= 4 is 44.6 Å². The van der Waals surface area contributed by atoms with Gasteiger partial charge in [0.1, 0.15) is 11.5 Å². The summed E-state index contributed by atoms with van der Waals surface area (Å²) in [6.45, 7) is 21.6. The smallest absolute Gasteiger partial charge is 0.187 e. The van der Waals surface area contributed by atoms with Crippen LogP contribution in [0.1, 0.15) is 88.7 Å². The molecule has 68 heavy (non-hydrogen) atoms. The maximum absolute atomic E-state index is 8.56. The quantitative estimate of drug-likeness (QED) is 0.117. The van der Waals surface area contributed by atoms with Gasteiger partial charge in [-0.1, -0.05) is 159 Å². The standard InChI is InChI=1S/C62H59N4O.Pt/c1-41-31-32-63-59(57(41)42-19-12-11-13-20-42)64-54-27-15-14-25-52(54)53-30-29-50(38-55(53)64)67-49-24-17-23-47(37-49)65-39-66(40-65,48-35-45(61(5,6)7)34-46(36-48)62(8,9)10)58-51(26-18-28-56(58)65)43-21-16-22-44(33-43)60(2,3)4;/h11-36,39H,40H2,1-10H3;/q-1;/t65-,66+;/m1./s1/i1D3;. The Bertz CT molecular complexity index is 3500. The molecule has 344 valence electrons. The van der Waals surface area contributed by atoms with Gasteiger partial charge in [0.05, 0.1) is 6.67 Å². The Morgan fingerprint density at radius 3 is 2.00 bits per heavy atom. The second-order valence-electron chi connectivity index (χ2n) is 21.6.